The Balaban J connectivity index is 1.20. The smallest absolute Gasteiger partial charge is 0.155 e. The molecule has 0 radical (unpaired) electrons. The Bertz CT molecular complexity index is 1680. The minimum absolute atomic E-state index is 0.755. The molecule has 0 aromatic carbocycles. The predicted octanol–water partition coefficient (Wildman–Crippen LogP) is 6.57. The van der Waals surface area contributed by atoms with Crippen LogP contribution in [-0.2, 0) is 6.54 Å². The van der Waals surface area contributed by atoms with Gasteiger partial charge in [-0.05, 0) is 83.1 Å². The minimum Gasteiger partial charge on any atom is -0.338 e. The van der Waals surface area contributed by atoms with E-state index >= 15 is 0 Å². The molecule has 0 bridgehead atoms. The SMILES string of the molecule is c1cc(-c2ccsc2)c2cc(-c3n[nH]c4ncc(-c5cncc(CNCC6CCCC6)c5)cc34)[nH]c2n1. The molecule has 0 unspecified atom stereocenters. The average Bonchev–Trinajstić information content (AvgIpc) is 3.74. The molecule has 8 heteroatoms. The molecule has 184 valence electrons. The number of hydrogen-bond acceptors (Lipinski definition) is 6. The standard InChI is InChI=1S/C29H27N7S/c1-2-4-18(3-1)12-30-13-19-9-21(15-31-14-19)22-10-25-27(35-36-29(25)33-16-22)26-11-24-23(20-6-8-37-17-20)5-7-32-28(24)34-26/h5-11,14-18,30H,1-4,12-13H2,(H,32,34)(H,33,35,36). The maximum atomic E-state index is 4.67. The first-order valence-electron chi connectivity index (χ1n) is 12.8. The quantitative estimate of drug-likeness (QED) is 0.228. The van der Waals surface area contributed by atoms with Gasteiger partial charge in [0.05, 0.1) is 5.69 Å². The first-order chi connectivity index (χ1) is 18.3. The Morgan fingerprint density at radius 1 is 0.919 bits per heavy atom. The van der Waals surface area contributed by atoms with Crippen LogP contribution >= 0.6 is 11.3 Å². The number of rotatable bonds is 7. The number of aromatic amines is 2. The molecule has 1 aliphatic rings. The lowest BCUT2D eigenvalue weighted by Crippen LogP contribution is -2.20. The average molecular weight is 506 g/mol. The van der Waals surface area contributed by atoms with Crippen molar-refractivity contribution < 1.29 is 0 Å². The molecule has 0 saturated heterocycles. The molecule has 1 fully saturated rings. The molecular formula is C29H27N7S. The summed E-state index contributed by atoms with van der Waals surface area (Å²) in [6.07, 6.45) is 13.0. The maximum absolute atomic E-state index is 4.67. The summed E-state index contributed by atoms with van der Waals surface area (Å²) in [4.78, 5) is 17.2. The molecule has 6 aromatic rings. The minimum atomic E-state index is 0.755. The van der Waals surface area contributed by atoms with Crippen molar-refractivity contribution in [2.45, 2.75) is 32.2 Å². The van der Waals surface area contributed by atoms with Crippen molar-refractivity contribution in [3.05, 3.63) is 71.4 Å². The zero-order valence-corrected chi connectivity index (χ0v) is 21.2. The van der Waals surface area contributed by atoms with Crippen LogP contribution in [0.2, 0.25) is 0 Å². The van der Waals surface area contributed by atoms with Crippen LogP contribution in [0.1, 0.15) is 31.2 Å². The van der Waals surface area contributed by atoms with E-state index in [1.165, 1.54) is 36.8 Å². The van der Waals surface area contributed by atoms with E-state index in [1.807, 2.05) is 24.8 Å². The molecule has 6 heterocycles. The third-order valence-corrected chi connectivity index (χ3v) is 8.08. The second-order valence-electron chi connectivity index (χ2n) is 9.87. The van der Waals surface area contributed by atoms with Gasteiger partial charge in [-0.15, -0.1) is 0 Å². The number of nitrogens with zero attached hydrogens (tertiary/aromatic N) is 4. The molecule has 6 aromatic heterocycles. The third kappa shape index (κ3) is 4.32. The van der Waals surface area contributed by atoms with Gasteiger partial charge in [-0.25, -0.2) is 9.97 Å². The van der Waals surface area contributed by atoms with E-state index in [0.29, 0.717) is 0 Å². The maximum Gasteiger partial charge on any atom is 0.155 e. The van der Waals surface area contributed by atoms with Gasteiger partial charge in [0.25, 0.3) is 0 Å². The van der Waals surface area contributed by atoms with Gasteiger partial charge in [-0.2, -0.15) is 16.4 Å². The summed E-state index contributed by atoms with van der Waals surface area (Å²) in [5, 5.41) is 17.6. The molecule has 1 saturated carbocycles. The van der Waals surface area contributed by atoms with E-state index in [2.05, 4.69) is 76.5 Å². The van der Waals surface area contributed by atoms with Gasteiger partial charge in [-0.3, -0.25) is 10.1 Å². The van der Waals surface area contributed by atoms with Crippen LogP contribution in [0, 0.1) is 5.92 Å². The number of thiophene rings is 1. The Morgan fingerprint density at radius 2 is 1.84 bits per heavy atom. The summed E-state index contributed by atoms with van der Waals surface area (Å²) in [6.45, 7) is 1.92. The third-order valence-electron chi connectivity index (χ3n) is 7.40. The van der Waals surface area contributed by atoms with Crippen LogP contribution in [0.15, 0.2) is 65.9 Å². The van der Waals surface area contributed by atoms with E-state index in [1.54, 1.807) is 11.3 Å². The Morgan fingerprint density at radius 3 is 2.73 bits per heavy atom. The van der Waals surface area contributed by atoms with Crippen molar-refractivity contribution in [1.82, 2.24) is 35.5 Å². The highest BCUT2D eigenvalue weighted by Gasteiger charge is 2.16. The van der Waals surface area contributed by atoms with Gasteiger partial charge < -0.3 is 10.3 Å². The highest BCUT2D eigenvalue weighted by molar-refractivity contribution is 7.08. The molecule has 0 spiro atoms. The Labute approximate surface area is 218 Å². The van der Waals surface area contributed by atoms with Gasteiger partial charge in [-0.1, -0.05) is 12.8 Å². The van der Waals surface area contributed by atoms with Crippen LogP contribution in [-0.4, -0.2) is 36.7 Å². The van der Waals surface area contributed by atoms with Crippen molar-refractivity contribution >= 4 is 33.4 Å². The molecule has 3 N–H and O–H groups in total. The van der Waals surface area contributed by atoms with E-state index in [0.717, 1.165) is 69.2 Å². The number of fused-ring (bicyclic) bond motifs is 2. The fourth-order valence-electron chi connectivity index (χ4n) is 5.47. The number of aromatic nitrogens is 6. The lowest BCUT2D eigenvalue weighted by molar-refractivity contribution is 0.489. The summed E-state index contributed by atoms with van der Waals surface area (Å²) in [5.41, 5.74) is 8.98. The van der Waals surface area contributed by atoms with Crippen molar-refractivity contribution in [2.75, 3.05) is 6.54 Å². The first kappa shape index (κ1) is 22.3. The lowest BCUT2D eigenvalue weighted by atomic mass is 10.0. The number of nitrogens with one attached hydrogen (secondary N) is 3. The molecule has 0 aliphatic heterocycles. The van der Waals surface area contributed by atoms with E-state index in [-0.39, 0.29) is 0 Å². The van der Waals surface area contributed by atoms with Crippen molar-refractivity contribution in [1.29, 1.82) is 0 Å². The van der Waals surface area contributed by atoms with Gasteiger partial charge in [0, 0.05) is 53.2 Å². The highest BCUT2D eigenvalue weighted by Crippen LogP contribution is 2.34. The number of hydrogen-bond donors (Lipinski definition) is 3. The van der Waals surface area contributed by atoms with Crippen LogP contribution in [0.25, 0.3) is 55.7 Å². The molecule has 7 nitrogen and oxygen atoms in total. The van der Waals surface area contributed by atoms with Crippen molar-refractivity contribution in [2.24, 2.45) is 5.92 Å². The normalized spacial score (nSPS) is 14.3. The van der Waals surface area contributed by atoms with E-state index in [4.69, 9.17) is 0 Å². The number of pyridine rings is 3. The topological polar surface area (TPSA) is 95.2 Å². The summed E-state index contributed by atoms with van der Waals surface area (Å²) >= 11 is 1.69. The molecule has 7 rings (SSSR count). The molecule has 0 atom stereocenters. The van der Waals surface area contributed by atoms with Crippen LogP contribution in [0.3, 0.4) is 0 Å². The predicted molar refractivity (Wildman–Crippen MR) is 149 cm³/mol. The number of H-pyrrole nitrogens is 2. The first-order valence-corrected chi connectivity index (χ1v) is 13.8. The van der Waals surface area contributed by atoms with Gasteiger partial charge in [0.15, 0.2) is 5.65 Å². The highest BCUT2D eigenvalue weighted by atomic mass is 32.1. The lowest BCUT2D eigenvalue weighted by Gasteiger charge is -2.11. The fraction of sp³-hybridized carbons (Fsp3) is 0.241. The van der Waals surface area contributed by atoms with Crippen LogP contribution in [0.5, 0.6) is 0 Å². The molecule has 37 heavy (non-hydrogen) atoms. The van der Waals surface area contributed by atoms with Gasteiger partial charge in [0.2, 0.25) is 0 Å². The summed E-state index contributed by atoms with van der Waals surface area (Å²) < 4.78 is 0. The summed E-state index contributed by atoms with van der Waals surface area (Å²) in [7, 11) is 0. The molecule has 1 aliphatic carbocycles. The van der Waals surface area contributed by atoms with Crippen LogP contribution in [0.4, 0.5) is 0 Å². The largest absolute Gasteiger partial charge is 0.338 e. The monoisotopic (exact) mass is 505 g/mol. The summed E-state index contributed by atoms with van der Waals surface area (Å²) in [6, 6.07) is 10.7. The van der Waals surface area contributed by atoms with Gasteiger partial charge in [0.1, 0.15) is 11.3 Å². The zero-order chi connectivity index (χ0) is 24.6. The van der Waals surface area contributed by atoms with E-state index < -0.39 is 0 Å². The Kier molecular flexibility index (Phi) is 5.75. The second kappa shape index (κ2) is 9.53. The van der Waals surface area contributed by atoms with Crippen LogP contribution < -0.4 is 5.32 Å². The summed E-state index contributed by atoms with van der Waals surface area (Å²) in [5.74, 6) is 0.823. The molecular weight excluding hydrogens is 478 g/mol. The Hall–Kier alpha value is -3.88. The fourth-order valence-corrected chi connectivity index (χ4v) is 6.12. The van der Waals surface area contributed by atoms with Crippen molar-refractivity contribution in [3.63, 3.8) is 0 Å². The second-order valence-corrected chi connectivity index (χ2v) is 10.7. The van der Waals surface area contributed by atoms with E-state index in [9.17, 15) is 0 Å². The molecule has 0 amide bonds. The zero-order valence-electron chi connectivity index (χ0n) is 20.4. The van der Waals surface area contributed by atoms with Gasteiger partial charge >= 0.3 is 0 Å². The van der Waals surface area contributed by atoms with Crippen molar-refractivity contribution in [3.8, 4) is 33.6 Å².